The monoisotopic (exact) mass is 462 g/mol. The zero-order valence-corrected chi connectivity index (χ0v) is 19.0. The van der Waals surface area contributed by atoms with Gasteiger partial charge in [0.05, 0.1) is 21.5 Å². The Morgan fingerprint density at radius 2 is 2.03 bits per heavy atom. The van der Waals surface area contributed by atoms with E-state index >= 15 is 0 Å². The van der Waals surface area contributed by atoms with Gasteiger partial charge in [0.2, 0.25) is 0 Å². The van der Waals surface area contributed by atoms with E-state index in [9.17, 15) is 9.32 Å². The number of nitrogens with one attached hydrogen (secondary N) is 1. The van der Waals surface area contributed by atoms with Crippen LogP contribution in [0.4, 0.5) is 5.82 Å². The molecule has 5 rings (SSSR count). The summed E-state index contributed by atoms with van der Waals surface area (Å²) in [5.41, 5.74) is 0.827. The molecule has 0 amide bonds. The number of aromatic nitrogens is 4. The first-order valence-electron chi connectivity index (χ1n) is 10.9. The van der Waals surface area contributed by atoms with E-state index in [-0.39, 0.29) is 5.92 Å². The summed E-state index contributed by atoms with van der Waals surface area (Å²) in [6.45, 7) is 3.20. The molecule has 8 nitrogen and oxygen atoms in total. The third-order valence-electron chi connectivity index (χ3n) is 6.97. The Labute approximate surface area is 189 Å². The molecule has 2 fully saturated rings. The van der Waals surface area contributed by atoms with Crippen LogP contribution in [0.3, 0.4) is 0 Å². The number of piperidine rings is 1. The lowest BCUT2D eigenvalue weighted by molar-refractivity contribution is -0.0406. The summed E-state index contributed by atoms with van der Waals surface area (Å²) in [4.78, 5) is 20.5. The molecule has 3 aliphatic rings. The third-order valence-corrected chi connectivity index (χ3v) is 8.62. The highest BCUT2D eigenvalue weighted by Crippen LogP contribution is 2.41. The van der Waals surface area contributed by atoms with Gasteiger partial charge < -0.3 is 10.4 Å². The average molecular weight is 463 g/mol. The summed E-state index contributed by atoms with van der Waals surface area (Å²) in [7, 11) is -1.09. The fourth-order valence-electron chi connectivity index (χ4n) is 5.21. The first-order chi connectivity index (χ1) is 15.0. The second kappa shape index (κ2) is 8.69. The summed E-state index contributed by atoms with van der Waals surface area (Å²) >= 11 is 5.93. The van der Waals surface area contributed by atoms with Gasteiger partial charge in [0.1, 0.15) is 29.1 Å². The van der Waals surface area contributed by atoms with Crippen LogP contribution in [0.25, 0.3) is 0 Å². The van der Waals surface area contributed by atoms with E-state index in [0.717, 1.165) is 43.7 Å². The number of nitrogens with zero attached hydrogens (tertiary/aromatic N) is 5. The molecule has 2 aromatic heterocycles. The number of rotatable bonds is 5. The van der Waals surface area contributed by atoms with Crippen molar-refractivity contribution in [2.45, 2.75) is 68.2 Å². The highest BCUT2D eigenvalue weighted by atomic mass is 35.5. The molecule has 2 N–H and O–H groups in total. The number of aliphatic hydroxyl groups is 1. The van der Waals surface area contributed by atoms with E-state index < -0.39 is 17.0 Å². The van der Waals surface area contributed by atoms with E-state index in [4.69, 9.17) is 11.6 Å². The third kappa shape index (κ3) is 4.08. The number of hydrogen-bond acceptors (Lipinski definition) is 8. The average Bonchev–Trinajstić information content (AvgIpc) is 3.11. The van der Waals surface area contributed by atoms with Gasteiger partial charge in [-0.15, -0.1) is 0 Å². The number of fused-ring (bicyclic) bond motifs is 1. The molecular weight excluding hydrogens is 436 g/mol. The molecule has 0 bridgehead atoms. The van der Waals surface area contributed by atoms with Crippen molar-refractivity contribution in [3.8, 4) is 0 Å². The zero-order valence-electron chi connectivity index (χ0n) is 17.4. The Morgan fingerprint density at radius 1 is 1.23 bits per heavy atom. The molecule has 0 spiro atoms. The summed E-state index contributed by atoms with van der Waals surface area (Å²) in [5.74, 6) is 2.42. The Morgan fingerprint density at radius 3 is 2.74 bits per heavy atom. The van der Waals surface area contributed by atoms with Crippen molar-refractivity contribution in [1.29, 1.82) is 0 Å². The van der Waals surface area contributed by atoms with Crippen LogP contribution in [0, 0.1) is 5.92 Å². The fraction of sp³-hybridized carbons (Fsp3) is 0.619. The van der Waals surface area contributed by atoms with Gasteiger partial charge in [-0.25, -0.2) is 19.9 Å². The molecule has 6 atom stereocenters. The molecule has 1 saturated heterocycles. The number of aliphatic hydroxyl groups excluding tert-OH is 1. The first-order valence-corrected chi connectivity index (χ1v) is 12.6. The molecule has 10 heteroatoms. The number of hydrogen-bond donors (Lipinski definition) is 2. The van der Waals surface area contributed by atoms with E-state index in [1.165, 1.54) is 6.33 Å². The first kappa shape index (κ1) is 21.2. The molecule has 4 heterocycles. The molecule has 0 radical (unpaired) electrons. The SMILES string of the molecule is C[C@H]1CC(c2ncc(Cl)cn2)CCN1C1CCC1[C@@H](O)Nc1ncnc2c1S(=O)CC2. The second-order valence-corrected chi connectivity index (χ2v) is 10.7. The summed E-state index contributed by atoms with van der Waals surface area (Å²) in [5, 5.41) is 14.7. The van der Waals surface area contributed by atoms with E-state index in [0.29, 0.717) is 45.9 Å². The largest absolute Gasteiger partial charge is 0.373 e. The molecule has 31 heavy (non-hydrogen) atoms. The second-order valence-electron chi connectivity index (χ2n) is 8.76. The Kier molecular flexibility index (Phi) is 5.94. The summed E-state index contributed by atoms with van der Waals surface area (Å²) in [6, 6.07) is 0.707. The van der Waals surface area contributed by atoms with E-state index in [2.05, 4.69) is 37.1 Å². The van der Waals surface area contributed by atoms with Crippen LogP contribution in [0.1, 0.15) is 50.0 Å². The fourth-order valence-corrected chi connectivity index (χ4v) is 6.63. The van der Waals surface area contributed by atoms with E-state index in [1.54, 1.807) is 12.4 Å². The van der Waals surface area contributed by atoms with Crippen molar-refractivity contribution in [2.24, 2.45) is 5.92 Å². The van der Waals surface area contributed by atoms with Crippen LogP contribution in [0.5, 0.6) is 0 Å². The topological polar surface area (TPSA) is 104 Å². The minimum atomic E-state index is -1.09. The van der Waals surface area contributed by atoms with Crippen molar-refractivity contribution < 1.29 is 9.32 Å². The highest BCUT2D eigenvalue weighted by molar-refractivity contribution is 7.85. The van der Waals surface area contributed by atoms with Crippen LogP contribution >= 0.6 is 11.6 Å². The van der Waals surface area contributed by atoms with Crippen LogP contribution in [0.15, 0.2) is 23.6 Å². The van der Waals surface area contributed by atoms with Crippen LogP contribution < -0.4 is 5.32 Å². The quantitative estimate of drug-likeness (QED) is 0.652. The molecule has 2 aromatic rings. The number of anilines is 1. The summed E-state index contributed by atoms with van der Waals surface area (Å²) in [6.07, 6.45) is 8.82. The number of aryl methyl sites for hydroxylation is 1. The number of likely N-dealkylation sites (tertiary alicyclic amines) is 1. The Balaban J connectivity index is 1.23. The highest BCUT2D eigenvalue weighted by Gasteiger charge is 2.44. The molecule has 0 aromatic carbocycles. The van der Waals surface area contributed by atoms with Crippen molar-refractivity contribution >= 4 is 28.2 Å². The van der Waals surface area contributed by atoms with Gasteiger partial charge in [0.15, 0.2) is 0 Å². The Hall–Kier alpha value is -1.68. The molecule has 1 aliphatic carbocycles. The lowest BCUT2D eigenvalue weighted by Crippen LogP contribution is -2.57. The maximum atomic E-state index is 12.3. The zero-order chi connectivity index (χ0) is 21.5. The van der Waals surface area contributed by atoms with Crippen molar-refractivity contribution in [1.82, 2.24) is 24.8 Å². The van der Waals surface area contributed by atoms with E-state index in [1.807, 2.05) is 0 Å². The Bertz CT molecular complexity index is 977. The van der Waals surface area contributed by atoms with Gasteiger partial charge in [0.25, 0.3) is 0 Å². The van der Waals surface area contributed by atoms with Gasteiger partial charge in [-0.2, -0.15) is 0 Å². The van der Waals surface area contributed by atoms with Crippen LogP contribution in [-0.4, -0.2) is 64.8 Å². The van der Waals surface area contributed by atoms with Crippen molar-refractivity contribution in [3.05, 3.63) is 35.3 Å². The van der Waals surface area contributed by atoms with Gasteiger partial charge in [-0.05, 0) is 39.2 Å². The lowest BCUT2D eigenvalue weighted by Gasteiger charge is -2.51. The maximum Gasteiger partial charge on any atom is 0.147 e. The standard InChI is InChI=1S/C21H27ClN6O2S/c1-12-8-13(19-23-9-14(22)10-24-19)4-6-28(12)17-3-2-15(17)21(29)27-20-18-16(25-11-26-20)5-7-31(18)30/h9-13,15,17,21,29H,2-8H2,1H3,(H,25,26,27)/t12-,13?,15?,17?,21+,31?/m0/s1. The van der Waals surface area contributed by atoms with Crippen molar-refractivity contribution in [2.75, 3.05) is 17.6 Å². The molecule has 166 valence electrons. The molecular formula is C21H27ClN6O2S. The van der Waals surface area contributed by atoms with Gasteiger partial charge in [0, 0.05) is 48.5 Å². The minimum absolute atomic E-state index is 0.117. The van der Waals surface area contributed by atoms with Crippen LogP contribution in [-0.2, 0) is 17.2 Å². The van der Waals surface area contributed by atoms with Gasteiger partial charge in [-0.3, -0.25) is 9.11 Å². The predicted octanol–water partition coefficient (Wildman–Crippen LogP) is 2.36. The predicted molar refractivity (Wildman–Crippen MR) is 118 cm³/mol. The number of halogens is 1. The summed E-state index contributed by atoms with van der Waals surface area (Å²) < 4.78 is 12.3. The lowest BCUT2D eigenvalue weighted by atomic mass is 9.75. The normalized spacial score (nSPS) is 31.6. The molecule has 4 unspecified atom stereocenters. The molecule has 2 aliphatic heterocycles. The van der Waals surface area contributed by atoms with Gasteiger partial charge in [-0.1, -0.05) is 11.6 Å². The molecule has 1 saturated carbocycles. The minimum Gasteiger partial charge on any atom is -0.373 e. The smallest absolute Gasteiger partial charge is 0.147 e. The van der Waals surface area contributed by atoms with Crippen molar-refractivity contribution in [3.63, 3.8) is 0 Å². The van der Waals surface area contributed by atoms with Crippen LogP contribution in [0.2, 0.25) is 5.02 Å². The van der Waals surface area contributed by atoms with Gasteiger partial charge >= 0.3 is 0 Å². The maximum absolute atomic E-state index is 12.3.